The van der Waals surface area contributed by atoms with Crippen LogP contribution in [0.5, 0.6) is 0 Å². The highest BCUT2D eigenvalue weighted by Gasteiger charge is 2.32. The molecule has 2 heterocycles. The molecule has 0 bridgehead atoms. The Morgan fingerprint density at radius 2 is 1.84 bits per heavy atom. The van der Waals surface area contributed by atoms with Crippen molar-refractivity contribution >= 4 is 35.8 Å². The first kappa shape index (κ1) is 25.9. The number of nitrogens with zero attached hydrogens (tertiary/aromatic N) is 3. The number of benzene rings is 1. The maximum Gasteiger partial charge on any atom is 0.253 e. The molecule has 0 aliphatic carbocycles. The summed E-state index contributed by atoms with van der Waals surface area (Å²) in [6.07, 6.45) is 2.50. The van der Waals surface area contributed by atoms with Crippen LogP contribution in [0.1, 0.15) is 49.5 Å². The van der Waals surface area contributed by atoms with E-state index in [0.717, 1.165) is 69.3 Å². The summed E-state index contributed by atoms with van der Waals surface area (Å²) in [4.78, 5) is 21.4. The fourth-order valence-corrected chi connectivity index (χ4v) is 4.03. The molecule has 2 atom stereocenters. The first-order valence-electron chi connectivity index (χ1n) is 11.3. The van der Waals surface area contributed by atoms with Crippen molar-refractivity contribution in [3.63, 3.8) is 0 Å². The van der Waals surface area contributed by atoms with Crippen LogP contribution in [0.4, 0.5) is 0 Å². The molecule has 2 fully saturated rings. The van der Waals surface area contributed by atoms with Gasteiger partial charge in [0.2, 0.25) is 0 Å². The number of amides is 1. The molecule has 2 unspecified atom stereocenters. The van der Waals surface area contributed by atoms with E-state index in [1.807, 2.05) is 43.0 Å². The molecule has 7 nitrogen and oxygen atoms in total. The predicted octanol–water partition coefficient (Wildman–Crippen LogP) is 3.13. The molecule has 1 aromatic carbocycles. The van der Waals surface area contributed by atoms with Gasteiger partial charge in [-0.15, -0.1) is 24.0 Å². The lowest BCUT2D eigenvalue weighted by Gasteiger charge is -2.37. The average molecular weight is 544 g/mol. The average Bonchev–Trinajstić information content (AvgIpc) is 3.33. The summed E-state index contributed by atoms with van der Waals surface area (Å²) < 4.78 is 11.8. The molecule has 0 saturated carbocycles. The van der Waals surface area contributed by atoms with E-state index >= 15 is 0 Å². The van der Waals surface area contributed by atoms with Crippen LogP contribution >= 0.6 is 24.0 Å². The lowest BCUT2D eigenvalue weighted by atomic mass is 10.1. The van der Waals surface area contributed by atoms with Crippen molar-refractivity contribution in [3.05, 3.63) is 35.4 Å². The molecule has 0 aromatic heterocycles. The van der Waals surface area contributed by atoms with Crippen molar-refractivity contribution in [3.8, 4) is 0 Å². The third kappa shape index (κ3) is 7.05. The first-order chi connectivity index (χ1) is 14.7. The molecule has 1 aromatic rings. The second-order valence-corrected chi connectivity index (χ2v) is 7.75. The minimum absolute atomic E-state index is 0. The van der Waals surface area contributed by atoms with E-state index in [-0.39, 0.29) is 42.1 Å². The lowest BCUT2D eigenvalue weighted by molar-refractivity contribution is -0.0817. The molecular formula is C23H37IN4O3. The Morgan fingerprint density at radius 1 is 1.13 bits per heavy atom. The highest BCUT2D eigenvalue weighted by atomic mass is 127. The number of carbonyl (C=O) groups is 1. The van der Waals surface area contributed by atoms with Gasteiger partial charge in [-0.1, -0.05) is 12.1 Å². The zero-order valence-corrected chi connectivity index (χ0v) is 21.3. The van der Waals surface area contributed by atoms with E-state index in [0.29, 0.717) is 13.2 Å². The van der Waals surface area contributed by atoms with Gasteiger partial charge in [0.15, 0.2) is 5.96 Å². The molecule has 8 heteroatoms. The van der Waals surface area contributed by atoms with E-state index in [1.165, 1.54) is 0 Å². The molecule has 174 valence electrons. The van der Waals surface area contributed by atoms with Crippen molar-refractivity contribution in [2.24, 2.45) is 4.99 Å². The lowest BCUT2D eigenvalue weighted by Crippen LogP contribution is -2.53. The van der Waals surface area contributed by atoms with Crippen LogP contribution in [0.2, 0.25) is 0 Å². The van der Waals surface area contributed by atoms with E-state index in [4.69, 9.17) is 14.5 Å². The quantitative estimate of drug-likeness (QED) is 0.325. The number of ether oxygens (including phenoxy) is 2. The minimum atomic E-state index is 0. The number of halogens is 1. The molecule has 1 N–H and O–H groups in total. The monoisotopic (exact) mass is 544 g/mol. The van der Waals surface area contributed by atoms with Gasteiger partial charge in [0.25, 0.3) is 5.91 Å². The van der Waals surface area contributed by atoms with Gasteiger partial charge in [0, 0.05) is 44.9 Å². The number of aliphatic imine (C=N–C) groups is 1. The summed E-state index contributed by atoms with van der Waals surface area (Å²) in [5.41, 5.74) is 1.82. The van der Waals surface area contributed by atoms with Crippen LogP contribution in [-0.2, 0) is 16.0 Å². The molecule has 2 aliphatic heterocycles. The summed E-state index contributed by atoms with van der Waals surface area (Å²) in [6.45, 7) is 12.1. The number of guanidine groups is 1. The minimum Gasteiger partial charge on any atom is -0.375 e. The summed E-state index contributed by atoms with van der Waals surface area (Å²) in [5.74, 6) is 0.990. The van der Waals surface area contributed by atoms with Crippen LogP contribution in [0, 0.1) is 0 Å². The topological polar surface area (TPSA) is 66.4 Å². The smallest absolute Gasteiger partial charge is 0.253 e. The number of carbonyl (C=O) groups excluding carboxylic acids is 1. The van der Waals surface area contributed by atoms with Gasteiger partial charge in [-0.2, -0.15) is 0 Å². The number of hydrogen-bond acceptors (Lipinski definition) is 4. The zero-order valence-electron chi connectivity index (χ0n) is 19.0. The standard InChI is InChI=1S/C23H36N4O3.HI/c1-4-24-23(27-13-15-30-21(17-27)20-8-7-14-29-20)25-16-18-9-11-19(12-10-18)22(28)26(5-2)6-3;/h9-12,20-21H,4-8,13-17H2,1-3H3,(H,24,25);1H. The summed E-state index contributed by atoms with van der Waals surface area (Å²) in [7, 11) is 0. The number of nitrogens with one attached hydrogen (secondary N) is 1. The Hall–Kier alpha value is -1.39. The van der Waals surface area contributed by atoms with Crippen molar-refractivity contribution in [2.45, 2.75) is 52.4 Å². The number of hydrogen-bond donors (Lipinski definition) is 1. The fraction of sp³-hybridized carbons (Fsp3) is 0.652. The van der Waals surface area contributed by atoms with Crippen LogP contribution in [0.25, 0.3) is 0 Å². The van der Waals surface area contributed by atoms with E-state index in [1.54, 1.807) is 0 Å². The molecular weight excluding hydrogens is 507 g/mol. The normalized spacial score (nSPS) is 21.5. The Morgan fingerprint density at radius 3 is 2.45 bits per heavy atom. The highest BCUT2D eigenvalue weighted by Crippen LogP contribution is 2.21. The molecule has 2 saturated heterocycles. The van der Waals surface area contributed by atoms with Gasteiger partial charge in [-0.25, -0.2) is 4.99 Å². The summed E-state index contributed by atoms with van der Waals surface area (Å²) >= 11 is 0. The Labute approximate surface area is 203 Å². The second kappa shape index (κ2) is 13.2. The van der Waals surface area contributed by atoms with Crippen LogP contribution < -0.4 is 5.32 Å². The largest absolute Gasteiger partial charge is 0.375 e. The molecule has 2 aliphatic rings. The Balaban J connectivity index is 0.00000341. The zero-order chi connectivity index (χ0) is 21.3. The van der Waals surface area contributed by atoms with E-state index < -0.39 is 0 Å². The van der Waals surface area contributed by atoms with Gasteiger partial charge in [-0.3, -0.25) is 4.79 Å². The summed E-state index contributed by atoms with van der Waals surface area (Å²) in [6, 6.07) is 7.80. The second-order valence-electron chi connectivity index (χ2n) is 7.75. The molecule has 31 heavy (non-hydrogen) atoms. The third-order valence-corrected chi connectivity index (χ3v) is 5.77. The van der Waals surface area contributed by atoms with Crippen LogP contribution in [-0.4, -0.2) is 79.8 Å². The molecule has 1 amide bonds. The Bertz CT molecular complexity index is 703. The van der Waals surface area contributed by atoms with Crippen molar-refractivity contribution < 1.29 is 14.3 Å². The Kier molecular flexibility index (Phi) is 11.0. The molecule has 0 radical (unpaired) electrons. The maximum atomic E-state index is 12.5. The van der Waals surface area contributed by atoms with E-state index in [9.17, 15) is 4.79 Å². The van der Waals surface area contributed by atoms with Crippen molar-refractivity contribution in [2.75, 3.05) is 45.9 Å². The predicted molar refractivity (Wildman–Crippen MR) is 134 cm³/mol. The highest BCUT2D eigenvalue weighted by molar-refractivity contribution is 14.0. The van der Waals surface area contributed by atoms with Crippen LogP contribution in [0.3, 0.4) is 0 Å². The van der Waals surface area contributed by atoms with E-state index in [2.05, 4.69) is 17.1 Å². The van der Waals surface area contributed by atoms with Gasteiger partial charge in [-0.05, 0) is 51.3 Å². The van der Waals surface area contributed by atoms with Gasteiger partial charge >= 0.3 is 0 Å². The van der Waals surface area contributed by atoms with Gasteiger partial charge in [0.05, 0.1) is 19.3 Å². The van der Waals surface area contributed by atoms with Crippen LogP contribution in [0.15, 0.2) is 29.3 Å². The molecule has 3 rings (SSSR count). The number of rotatable bonds is 7. The first-order valence-corrected chi connectivity index (χ1v) is 11.3. The van der Waals surface area contributed by atoms with Crippen molar-refractivity contribution in [1.82, 2.24) is 15.1 Å². The van der Waals surface area contributed by atoms with Gasteiger partial charge < -0.3 is 24.6 Å². The maximum absolute atomic E-state index is 12.5. The number of morpholine rings is 1. The summed E-state index contributed by atoms with van der Waals surface area (Å²) in [5, 5.41) is 3.41. The van der Waals surface area contributed by atoms with Crippen molar-refractivity contribution in [1.29, 1.82) is 0 Å². The van der Waals surface area contributed by atoms with Gasteiger partial charge in [0.1, 0.15) is 6.10 Å². The fourth-order valence-electron chi connectivity index (χ4n) is 4.03. The SMILES string of the molecule is CCNC(=NCc1ccc(C(=O)N(CC)CC)cc1)N1CCOC(C2CCCO2)C1.I. The molecule has 0 spiro atoms. The third-order valence-electron chi connectivity index (χ3n) is 5.77.